The molecule has 0 aromatic heterocycles. The maximum Gasteiger partial charge on any atom is 0.0870 e. The van der Waals surface area contributed by atoms with Gasteiger partial charge < -0.3 is 0 Å². The Morgan fingerprint density at radius 2 is 1.59 bits per heavy atom. The molecule has 0 radical (unpaired) electrons. The molecule has 0 saturated heterocycles. The first-order chi connectivity index (χ1) is 8.10. The monoisotopic (exact) mass is 268 g/mol. The molecule has 0 aliphatic rings. The van der Waals surface area contributed by atoms with Crippen LogP contribution >= 0.6 is 11.6 Å². The zero-order chi connectivity index (χ0) is 12.8. The Balaban J connectivity index is 3.00. The van der Waals surface area contributed by atoms with Gasteiger partial charge in [-0.2, -0.15) is 0 Å². The van der Waals surface area contributed by atoms with Crippen LogP contribution in [0, 0.1) is 5.92 Å². The number of hydrogen-bond donors (Lipinski definition) is 0. The summed E-state index contributed by atoms with van der Waals surface area (Å²) >= 11 is 6.20. The number of rotatable bonds is 6. The Kier molecular flexibility index (Phi) is 6.28. The van der Waals surface area contributed by atoms with E-state index in [9.17, 15) is 0 Å². The van der Waals surface area contributed by atoms with Gasteiger partial charge in [0.05, 0.1) is 8.80 Å². The highest BCUT2D eigenvalue weighted by atomic mass is 35.5. The molecule has 2 heteroatoms. The molecule has 0 aliphatic heterocycles. The molecule has 0 spiro atoms. The van der Waals surface area contributed by atoms with Gasteiger partial charge in [0.25, 0.3) is 0 Å². The van der Waals surface area contributed by atoms with Gasteiger partial charge in [0, 0.05) is 5.50 Å². The van der Waals surface area contributed by atoms with Crippen molar-refractivity contribution in [2.24, 2.45) is 5.92 Å². The van der Waals surface area contributed by atoms with Crippen LogP contribution in [0.2, 0.25) is 6.04 Å². The first-order valence-electron chi connectivity index (χ1n) is 6.79. The van der Waals surface area contributed by atoms with Gasteiger partial charge in [-0.05, 0) is 29.9 Å². The van der Waals surface area contributed by atoms with Gasteiger partial charge in [0.2, 0.25) is 0 Å². The SMILES string of the molecule is CCc1cc(CC)cc([SiH](CCl)CC(C)C)c1. The summed E-state index contributed by atoms with van der Waals surface area (Å²) in [6.45, 7) is 9.07. The van der Waals surface area contributed by atoms with Crippen molar-refractivity contribution in [1.29, 1.82) is 0 Å². The third kappa shape index (κ3) is 4.48. The smallest absolute Gasteiger partial charge is 0.0870 e. The summed E-state index contributed by atoms with van der Waals surface area (Å²) in [6.07, 6.45) is 2.26. The van der Waals surface area contributed by atoms with Crippen LogP contribution in [-0.2, 0) is 12.8 Å². The fourth-order valence-electron chi connectivity index (χ4n) is 2.29. The van der Waals surface area contributed by atoms with E-state index in [4.69, 9.17) is 11.6 Å². The zero-order valence-corrected chi connectivity index (χ0v) is 13.5. The average molecular weight is 269 g/mol. The van der Waals surface area contributed by atoms with Gasteiger partial charge in [0.1, 0.15) is 0 Å². The highest BCUT2D eigenvalue weighted by molar-refractivity contribution is 6.79. The molecule has 1 aromatic carbocycles. The molecule has 1 rings (SSSR count). The molecule has 17 heavy (non-hydrogen) atoms. The standard InChI is InChI=1S/C15H25ClSi/c1-5-13-7-14(6-2)9-15(8-13)17(11-16)10-12(3)4/h7-9,12,17H,5-6,10-11H2,1-4H3. The molecule has 1 unspecified atom stereocenters. The molecule has 0 heterocycles. The van der Waals surface area contributed by atoms with E-state index in [0.717, 1.165) is 24.3 Å². The van der Waals surface area contributed by atoms with Crippen LogP contribution in [0.15, 0.2) is 18.2 Å². The summed E-state index contributed by atoms with van der Waals surface area (Å²) in [7, 11) is -0.948. The predicted octanol–water partition coefficient (Wildman–Crippen LogP) is 3.68. The number of alkyl halides is 1. The van der Waals surface area contributed by atoms with E-state index < -0.39 is 8.80 Å². The Morgan fingerprint density at radius 1 is 1.06 bits per heavy atom. The van der Waals surface area contributed by atoms with Crippen molar-refractivity contribution in [1.82, 2.24) is 0 Å². The van der Waals surface area contributed by atoms with Gasteiger partial charge in [0.15, 0.2) is 0 Å². The molecular weight excluding hydrogens is 244 g/mol. The lowest BCUT2D eigenvalue weighted by Gasteiger charge is -2.17. The van der Waals surface area contributed by atoms with Gasteiger partial charge in [-0.1, -0.05) is 57.1 Å². The highest BCUT2D eigenvalue weighted by Gasteiger charge is 2.15. The van der Waals surface area contributed by atoms with Crippen LogP contribution in [0.4, 0.5) is 0 Å². The van der Waals surface area contributed by atoms with Gasteiger partial charge in [-0.15, -0.1) is 11.6 Å². The Labute approximate surface area is 113 Å². The second kappa shape index (κ2) is 7.23. The van der Waals surface area contributed by atoms with Crippen LogP contribution < -0.4 is 5.19 Å². The summed E-state index contributed by atoms with van der Waals surface area (Å²) < 4.78 is 0. The van der Waals surface area contributed by atoms with Crippen molar-refractivity contribution in [3.8, 4) is 0 Å². The third-order valence-corrected chi connectivity index (χ3v) is 7.58. The molecule has 0 saturated carbocycles. The fourth-order valence-corrected chi connectivity index (χ4v) is 5.82. The van der Waals surface area contributed by atoms with E-state index >= 15 is 0 Å². The molecule has 1 atom stereocenters. The second-order valence-electron chi connectivity index (χ2n) is 5.27. The van der Waals surface area contributed by atoms with E-state index in [0.29, 0.717) is 0 Å². The number of hydrogen-bond acceptors (Lipinski definition) is 0. The van der Waals surface area contributed by atoms with Gasteiger partial charge in [-0.25, -0.2) is 0 Å². The fraction of sp³-hybridized carbons (Fsp3) is 0.600. The topological polar surface area (TPSA) is 0 Å². The lowest BCUT2D eigenvalue weighted by atomic mass is 10.1. The van der Waals surface area contributed by atoms with Crippen molar-refractivity contribution in [2.45, 2.75) is 46.6 Å². The van der Waals surface area contributed by atoms with Crippen molar-refractivity contribution in [3.05, 3.63) is 29.3 Å². The van der Waals surface area contributed by atoms with E-state index in [-0.39, 0.29) is 0 Å². The molecular formula is C15H25ClSi. The first kappa shape index (κ1) is 14.8. The summed E-state index contributed by atoms with van der Waals surface area (Å²) in [5, 5.41) is 1.57. The lowest BCUT2D eigenvalue weighted by molar-refractivity contribution is 0.728. The Hall–Kier alpha value is -0.273. The lowest BCUT2D eigenvalue weighted by Crippen LogP contribution is -2.34. The Morgan fingerprint density at radius 3 is 1.94 bits per heavy atom. The number of benzene rings is 1. The number of halogens is 1. The van der Waals surface area contributed by atoms with Crippen molar-refractivity contribution in [2.75, 3.05) is 5.50 Å². The second-order valence-corrected chi connectivity index (χ2v) is 9.04. The molecule has 96 valence electrons. The molecule has 0 amide bonds. The summed E-state index contributed by atoms with van der Waals surface area (Å²) in [5.74, 6) is 0.765. The van der Waals surface area contributed by atoms with Crippen LogP contribution in [0.25, 0.3) is 0 Å². The number of aryl methyl sites for hydroxylation is 2. The van der Waals surface area contributed by atoms with Crippen LogP contribution in [0.3, 0.4) is 0 Å². The minimum Gasteiger partial charge on any atom is -0.130 e. The quantitative estimate of drug-likeness (QED) is 0.545. The predicted molar refractivity (Wildman–Crippen MR) is 82.3 cm³/mol. The van der Waals surface area contributed by atoms with Crippen LogP contribution in [0.1, 0.15) is 38.8 Å². The van der Waals surface area contributed by atoms with E-state index in [2.05, 4.69) is 45.9 Å². The largest absolute Gasteiger partial charge is 0.130 e. The van der Waals surface area contributed by atoms with Crippen molar-refractivity contribution >= 4 is 25.6 Å². The van der Waals surface area contributed by atoms with Crippen molar-refractivity contribution in [3.63, 3.8) is 0 Å². The first-order valence-corrected chi connectivity index (χ1v) is 9.53. The van der Waals surface area contributed by atoms with Crippen molar-refractivity contribution < 1.29 is 0 Å². The normalized spacial score (nSPS) is 13.1. The molecule has 0 N–H and O–H groups in total. The average Bonchev–Trinajstić information content (AvgIpc) is 2.34. The van der Waals surface area contributed by atoms with E-state index in [1.54, 1.807) is 5.19 Å². The van der Waals surface area contributed by atoms with E-state index in [1.807, 2.05) is 0 Å². The molecule has 0 aliphatic carbocycles. The van der Waals surface area contributed by atoms with Gasteiger partial charge in [-0.3, -0.25) is 0 Å². The van der Waals surface area contributed by atoms with Gasteiger partial charge >= 0.3 is 0 Å². The minimum absolute atomic E-state index is 0.765. The summed E-state index contributed by atoms with van der Waals surface area (Å²) in [4.78, 5) is 0. The summed E-state index contributed by atoms with van der Waals surface area (Å²) in [6, 6.07) is 8.47. The molecule has 1 aromatic rings. The maximum absolute atomic E-state index is 6.20. The zero-order valence-electron chi connectivity index (χ0n) is 11.6. The molecule has 0 nitrogen and oxygen atoms in total. The van der Waals surface area contributed by atoms with Crippen LogP contribution in [0.5, 0.6) is 0 Å². The third-order valence-electron chi connectivity index (χ3n) is 3.30. The molecule has 0 bridgehead atoms. The van der Waals surface area contributed by atoms with Crippen LogP contribution in [-0.4, -0.2) is 14.3 Å². The maximum atomic E-state index is 6.20. The Bertz CT molecular complexity index is 325. The summed E-state index contributed by atoms with van der Waals surface area (Å²) in [5.41, 5.74) is 3.82. The minimum atomic E-state index is -0.948. The van der Waals surface area contributed by atoms with E-state index in [1.165, 1.54) is 17.2 Å². The molecule has 0 fully saturated rings. The highest BCUT2D eigenvalue weighted by Crippen LogP contribution is 2.11.